The Labute approximate surface area is 177 Å². The molecule has 0 saturated carbocycles. The molecule has 1 unspecified atom stereocenters. The van der Waals surface area contributed by atoms with Gasteiger partial charge in [-0.1, -0.05) is 26.0 Å². The van der Waals surface area contributed by atoms with E-state index in [2.05, 4.69) is 6.07 Å². The summed E-state index contributed by atoms with van der Waals surface area (Å²) in [6, 6.07) is 12.1. The highest BCUT2D eigenvalue weighted by Gasteiger charge is 2.45. The second-order valence-electron chi connectivity index (χ2n) is 8.27. The number of carbonyl (C=O) groups excluding carboxylic acids is 1. The van der Waals surface area contributed by atoms with Gasteiger partial charge in [0, 0.05) is 34.7 Å². The number of rotatable bonds is 3. The number of carbonyl (C=O) groups is 1. The molecule has 1 atom stereocenters. The predicted molar refractivity (Wildman–Crippen MR) is 115 cm³/mol. The molecule has 0 radical (unpaired) electrons. The van der Waals surface area contributed by atoms with Gasteiger partial charge in [0.25, 0.3) is 5.69 Å². The number of non-ortho nitro benzene ring substituents is 1. The minimum Gasteiger partial charge on any atom is -0.384 e. The van der Waals surface area contributed by atoms with Crippen LogP contribution in [-0.2, 0) is 4.79 Å². The Morgan fingerprint density at radius 3 is 2.70 bits per heavy atom. The van der Waals surface area contributed by atoms with Crippen LogP contribution in [0.25, 0.3) is 0 Å². The first-order chi connectivity index (χ1) is 14.2. The molecule has 1 aromatic carbocycles. The van der Waals surface area contributed by atoms with Crippen molar-refractivity contribution in [2.24, 2.45) is 11.1 Å². The summed E-state index contributed by atoms with van der Waals surface area (Å²) in [5.74, 6) is -0.320. The van der Waals surface area contributed by atoms with E-state index in [1.165, 1.54) is 23.5 Å². The third-order valence-electron chi connectivity index (χ3n) is 5.51. The molecular weight excluding hydrogens is 400 g/mol. The molecule has 8 heteroatoms. The highest BCUT2D eigenvalue weighted by Crippen LogP contribution is 2.50. The van der Waals surface area contributed by atoms with E-state index in [-0.39, 0.29) is 28.3 Å². The van der Waals surface area contributed by atoms with Crippen molar-refractivity contribution in [3.05, 3.63) is 79.4 Å². The standard InChI is InChI=1S/C22H20N4O3S/c1-22(2)10-16-20(17(27)11-22)19(18-7-4-8-30-18)15(12-23)21(24)25(16)13-5-3-6-14(9-13)26(28)29/h3-9,19H,10-11,24H2,1-2H3. The molecule has 0 amide bonds. The van der Waals surface area contributed by atoms with Gasteiger partial charge in [0.15, 0.2) is 5.78 Å². The molecule has 0 spiro atoms. The van der Waals surface area contributed by atoms with Gasteiger partial charge in [0.1, 0.15) is 5.82 Å². The predicted octanol–water partition coefficient (Wildman–Crippen LogP) is 4.60. The lowest BCUT2D eigenvalue weighted by atomic mass is 9.69. The van der Waals surface area contributed by atoms with Crippen molar-refractivity contribution in [2.75, 3.05) is 4.90 Å². The Balaban J connectivity index is 1.99. The summed E-state index contributed by atoms with van der Waals surface area (Å²) >= 11 is 1.48. The Morgan fingerprint density at radius 2 is 2.07 bits per heavy atom. The van der Waals surface area contributed by atoms with E-state index in [1.807, 2.05) is 31.4 Å². The number of nitro groups is 1. The quantitative estimate of drug-likeness (QED) is 0.573. The smallest absolute Gasteiger partial charge is 0.271 e. The van der Waals surface area contributed by atoms with Gasteiger partial charge in [0.05, 0.1) is 28.2 Å². The van der Waals surface area contributed by atoms with Crippen LogP contribution in [0.5, 0.6) is 0 Å². The van der Waals surface area contributed by atoms with Crippen LogP contribution >= 0.6 is 11.3 Å². The fraction of sp³-hybridized carbons (Fsp3) is 0.273. The molecule has 2 N–H and O–H groups in total. The molecular formula is C22H20N4O3S. The van der Waals surface area contributed by atoms with Crippen LogP contribution in [0.1, 0.15) is 37.5 Å². The fourth-order valence-corrected chi connectivity index (χ4v) is 5.13. The molecule has 2 aromatic rings. The van der Waals surface area contributed by atoms with E-state index < -0.39 is 10.8 Å². The number of nitriles is 1. The third-order valence-corrected chi connectivity index (χ3v) is 6.44. The van der Waals surface area contributed by atoms with Gasteiger partial charge in [-0.2, -0.15) is 5.26 Å². The number of thiophene rings is 1. The van der Waals surface area contributed by atoms with Gasteiger partial charge >= 0.3 is 0 Å². The Morgan fingerprint density at radius 1 is 1.30 bits per heavy atom. The molecule has 0 saturated heterocycles. The van der Waals surface area contributed by atoms with Crippen molar-refractivity contribution >= 4 is 28.5 Å². The summed E-state index contributed by atoms with van der Waals surface area (Å²) in [5, 5.41) is 23.2. The summed E-state index contributed by atoms with van der Waals surface area (Å²) in [4.78, 5) is 26.7. The molecule has 1 aromatic heterocycles. The van der Waals surface area contributed by atoms with Crippen molar-refractivity contribution < 1.29 is 9.72 Å². The lowest BCUT2D eigenvalue weighted by Gasteiger charge is -2.43. The number of nitrogens with two attached hydrogens (primary N) is 1. The van der Waals surface area contributed by atoms with Gasteiger partial charge in [-0.3, -0.25) is 19.8 Å². The lowest BCUT2D eigenvalue weighted by Crippen LogP contribution is -2.42. The van der Waals surface area contributed by atoms with Crippen LogP contribution in [-0.4, -0.2) is 10.7 Å². The minimum atomic E-state index is -0.511. The van der Waals surface area contributed by atoms with Crippen LogP contribution in [0.15, 0.2) is 64.4 Å². The molecule has 1 aliphatic heterocycles. The zero-order valence-electron chi connectivity index (χ0n) is 16.6. The Bertz CT molecular complexity index is 1160. The molecule has 30 heavy (non-hydrogen) atoms. The summed E-state index contributed by atoms with van der Waals surface area (Å²) in [6.45, 7) is 4.03. The van der Waals surface area contributed by atoms with Crippen molar-refractivity contribution in [3.8, 4) is 6.07 Å². The third kappa shape index (κ3) is 3.17. The van der Waals surface area contributed by atoms with E-state index in [0.717, 1.165) is 4.88 Å². The van der Waals surface area contributed by atoms with Crippen LogP contribution in [0.4, 0.5) is 11.4 Å². The maximum atomic E-state index is 13.3. The number of Topliss-reactive ketones (excluding diaryl/α,β-unsaturated/α-hetero) is 1. The van der Waals surface area contributed by atoms with E-state index in [1.54, 1.807) is 17.0 Å². The molecule has 2 heterocycles. The first-order valence-corrected chi connectivity index (χ1v) is 10.4. The van der Waals surface area contributed by atoms with Crippen LogP contribution in [0.2, 0.25) is 0 Å². The van der Waals surface area contributed by atoms with Gasteiger partial charge in [-0.05, 0) is 29.3 Å². The first kappa shape index (κ1) is 19.9. The number of hydrogen-bond acceptors (Lipinski definition) is 7. The number of nitro benzene ring substituents is 1. The zero-order valence-corrected chi connectivity index (χ0v) is 17.4. The van der Waals surface area contributed by atoms with Gasteiger partial charge in [0.2, 0.25) is 0 Å². The minimum absolute atomic E-state index is 0.0182. The fourth-order valence-electron chi connectivity index (χ4n) is 4.29. The number of allylic oxidation sites excluding steroid dienone is 3. The van der Waals surface area contributed by atoms with Crippen molar-refractivity contribution in [1.29, 1.82) is 5.26 Å². The topological polar surface area (TPSA) is 113 Å². The van der Waals surface area contributed by atoms with Crippen molar-refractivity contribution in [3.63, 3.8) is 0 Å². The molecule has 4 rings (SSSR count). The van der Waals surface area contributed by atoms with Gasteiger partial charge in [-0.15, -0.1) is 11.3 Å². The summed E-state index contributed by atoms with van der Waals surface area (Å²) < 4.78 is 0. The summed E-state index contributed by atoms with van der Waals surface area (Å²) in [7, 11) is 0. The molecule has 1 aliphatic carbocycles. The monoisotopic (exact) mass is 420 g/mol. The van der Waals surface area contributed by atoms with E-state index >= 15 is 0 Å². The van der Waals surface area contributed by atoms with Crippen LogP contribution < -0.4 is 10.6 Å². The Kier molecular flexibility index (Phi) is 4.71. The molecule has 0 fully saturated rings. The number of ketones is 1. The van der Waals surface area contributed by atoms with E-state index in [0.29, 0.717) is 29.8 Å². The SMILES string of the molecule is CC1(C)CC(=O)C2=C(C1)N(c1cccc([N+](=O)[O-])c1)C(N)=C(C#N)C2c1cccs1. The van der Waals surface area contributed by atoms with Crippen LogP contribution in [0.3, 0.4) is 0 Å². The second-order valence-corrected chi connectivity index (χ2v) is 9.25. The zero-order chi connectivity index (χ0) is 21.6. The first-order valence-electron chi connectivity index (χ1n) is 9.47. The average Bonchev–Trinajstić information content (AvgIpc) is 3.20. The molecule has 2 aliphatic rings. The summed E-state index contributed by atoms with van der Waals surface area (Å²) in [6.07, 6.45) is 0.938. The highest BCUT2D eigenvalue weighted by atomic mass is 32.1. The van der Waals surface area contributed by atoms with Gasteiger partial charge in [-0.25, -0.2) is 0 Å². The maximum absolute atomic E-state index is 13.3. The highest BCUT2D eigenvalue weighted by molar-refractivity contribution is 7.10. The average molecular weight is 420 g/mol. The normalized spacial score (nSPS) is 20.8. The Hall–Kier alpha value is -3.44. The summed E-state index contributed by atoms with van der Waals surface area (Å²) in [5.41, 5.74) is 8.16. The maximum Gasteiger partial charge on any atom is 0.271 e. The molecule has 152 valence electrons. The second kappa shape index (κ2) is 7.11. The van der Waals surface area contributed by atoms with Crippen LogP contribution in [0, 0.1) is 26.9 Å². The number of benzene rings is 1. The molecule has 0 bridgehead atoms. The van der Waals surface area contributed by atoms with E-state index in [4.69, 9.17) is 5.73 Å². The van der Waals surface area contributed by atoms with Crippen molar-refractivity contribution in [2.45, 2.75) is 32.6 Å². The molecule has 7 nitrogen and oxygen atoms in total. The number of nitrogens with zero attached hydrogens (tertiary/aromatic N) is 3. The van der Waals surface area contributed by atoms with Gasteiger partial charge < -0.3 is 5.73 Å². The van der Waals surface area contributed by atoms with E-state index in [9.17, 15) is 20.2 Å². The lowest BCUT2D eigenvalue weighted by molar-refractivity contribution is -0.384. The largest absolute Gasteiger partial charge is 0.384 e. The van der Waals surface area contributed by atoms with Crippen molar-refractivity contribution in [1.82, 2.24) is 0 Å². The number of anilines is 1. The number of hydrogen-bond donors (Lipinski definition) is 1.